The number of ether oxygens (including phenoxy) is 1. The number of nitrogens with one attached hydrogen (secondary N) is 3. The molecule has 29 heavy (non-hydrogen) atoms. The number of halogens is 1. The summed E-state index contributed by atoms with van der Waals surface area (Å²) in [5.41, 5.74) is 1.09. The van der Waals surface area contributed by atoms with Crippen molar-refractivity contribution in [2.45, 2.75) is 6.92 Å². The lowest BCUT2D eigenvalue weighted by Crippen LogP contribution is -2.32. The van der Waals surface area contributed by atoms with Crippen LogP contribution in [0.4, 0.5) is 21.8 Å². The van der Waals surface area contributed by atoms with Crippen molar-refractivity contribution in [3.05, 3.63) is 66.4 Å². The zero-order valence-corrected chi connectivity index (χ0v) is 15.9. The molecule has 9 heteroatoms. The molecular formula is C20H21FN6O2. The molecule has 0 unspecified atom stereocenters. The zero-order chi connectivity index (χ0) is 20.5. The number of hydrogen-bond donors (Lipinski definition) is 3. The van der Waals surface area contributed by atoms with Crippen LogP contribution in [0, 0.1) is 12.7 Å². The number of anilines is 3. The van der Waals surface area contributed by atoms with Crippen LogP contribution in [-0.4, -0.2) is 40.6 Å². The van der Waals surface area contributed by atoms with Crippen LogP contribution in [0.5, 0.6) is 5.75 Å². The first-order valence-corrected chi connectivity index (χ1v) is 8.99. The number of rotatable bonds is 9. The molecule has 3 N–H and O–H groups in total. The van der Waals surface area contributed by atoms with Gasteiger partial charge in [-0.05, 0) is 48.9 Å². The molecular weight excluding hydrogens is 375 g/mol. The molecule has 3 rings (SSSR count). The van der Waals surface area contributed by atoms with Gasteiger partial charge in [0.2, 0.25) is 0 Å². The Morgan fingerprint density at radius 2 is 1.76 bits per heavy atom. The average molecular weight is 396 g/mol. The van der Waals surface area contributed by atoms with Gasteiger partial charge < -0.3 is 20.7 Å². The Morgan fingerprint density at radius 1 is 1.00 bits per heavy atom. The summed E-state index contributed by atoms with van der Waals surface area (Å²) in [6.07, 6.45) is 3.16. The van der Waals surface area contributed by atoms with Crippen LogP contribution in [-0.2, 0) is 4.79 Å². The lowest BCUT2D eigenvalue weighted by molar-refractivity contribution is -0.123. The monoisotopic (exact) mass is 396 g/mol. The van der Waals surface area contributed by atoms with Gasteiger partial charge in [-0.1, -0.05) is 0 Å². The highest BCUT2D eigenvalue weighted by atomic mass is 19.1. The average Bonchev–Trinajstić information content (AvgIpc) is 2.71. The highest BCUT2D eigenvalue weighted by Crippen LogP contribution is 2.15. The number of aryl methyl sites for hydroxylation is 1. The van der Waals surface area contributed by atoms with E-state index in [1.54, 1.807) is 12.3 Å². The number of carbonyl (C=O) groups excluding carboxylic acids is 1. The van der Waals surface area contributed by atoms with Crippen LogP contribution >= 0.6 is 0 Å². The summed E-state index contributed by atoms with van der Waals surface area (Å²) in [4.78, 5) is 24.3. The molecule has 3 aromatic rings. The van der Waals surface area contributed by atoms with Crippen molar-refractivity contribution < 1.29 is 13.9 Å². The second kappa shape index (κ2) is 9.98. The number of pyridine rings is 1. The smallest absolute Gasteiger partial charge is 0.258 e. The number of aromatic nitrogens is 3. The third kappa shape index (κ3) is 6.73. The molecule has 0 spiro atoms. The van der Waals surface area contributed by atoms with Crippen LogP contribution in [0.25, 0.3) is 0 Å². The molecule has 0 saturated heterocycles. The number of hydrogen-bond acceptors (Lipinski definition) is 7. The van der Waals surface area contributed by atoms with E-state index in [0.717, 1.165) is 5.56 Å². The summed E-state index contributed by atoms with van der Waals surface area (Å²) < 4.78 is 18.1. The third-order valence-corrected chi connectivity index (χ3v) is 3.78. The van der Waals surface area contributed by atoms with Crippen molar-refractivity contribution in [2.24, 2.45) is 0 Å². The maximum absolute atomic E-state index is 12.8. The fourth-order valence-corrected chi connectivity index (χ4v) is 2.38. The van der Waals surface area contributed by atoms with E-state index in [-0.39, 0.29) is 18.3 Å². The van der Waals surface area contributed by atoms with Gasteiger partial charge in [0, 0.05) is 25.4 Å². The van der Waals surface area contributed by atoms with Crippen LogP contribution in [0.1, 0.15) is 5.56 Å². The Bertz CT molecular complexity index is 952. The van der Waals surface area contributed by atoms with Crippen molar-refractivity contribution in [3.8, 4) is 5.75 Å². The molecule has 8 nitrogen and oxygen atoms in total. The first kappa shape index (κ1) is 20.0. The summed E-state index contributed by atoms with van der Waals surface area (Å²) in [6.45, 7) is 2.70. The van der Waals surface area contributed by atoms with E-state index in [1.807, 2.05) is 19.1 Å². The predicted molar refractivity (Wildman–Crippen MR) is 108 cm³/mol. The lowest BCUT2D eigenvalue weighted by Gasteiger charge is -2.10. The van der Waals surface area contributed by atoms with E-state index in [9.17, 15) is 9.18 Å². The standard InChI is InChI=1S/C20H21FN6O2/c1-14-6-7-22-18(10-14)27-19-11-17(25-13-26-19)23-8-9-24-20(28)12-29-16-4-2-15(21)3-5-16/h2-7,10-11,13H,8-9,12H2,1H3,(H,24,28)(H2,22,23,25,26,27). The topological polar surface area (TPSA) is 101 Å². The minimum Gasteiger partial charge on any atom is -0.484 e. The third-order valence-electron chi connectivity index (χ3n) is 3.78. The van der Waals surface area contributed by atoms with Gasteiger partial charge in [0.05, 0.1) is 0 Å². The minimum absolute atomic E-state index is 0.142. The normalized spacial score (nSPS) is 10.3. The summed E-state index contributed by atoms with van der Waals surface area (Å²) >= 11 is 0. The fourth-order valence-electron chi connectivity index (χ4n) is 2.38. The van der Waals surface area contributed by atoms with Crippen LogP contribution < -0.4 is 20.7 Å². The summed E-state index contributed by atoms with van der Waals surface area (Å²) in [7, 11) is 0. The van der Waals surface area contributed by atoms with Gasteiger partial charge in [-0.15, -0.1) is 0 Å². The SMILES string of the molecule is Cc1ccnc(Nc2cc(NCCNC(=O)COc3ccc(F)cc3)ncn2)c1. The van der Waals surface area contributed by atoms with E-state index in [2.05, 4.69) is 30.9 Å². The van der Waals surface area contributed by atoms with Crippen LogP contribution in [0.15, 0.2) is 55.0 Å². The van der Waals surface area contributed by atoms with Crippen LogP contribution in [0.2, 0.25) is 0 Å². The molecule has 0 aliphatic rings. The fraction of sp³-hybridized carbons (Fsp3) is 0.200. The van der Waals surface area contributed by atoms with Crippen molar-refractivity contribution in [1.29, 1.82) is 0 Å². The molecule has 0 aliphatic heterocycles. The summed E-state index contributed by atoms with van der Waals surface area (Å²) in [5.74, 6) is 1.73. The maximum atomic E-state index is 12.8. The second-order valence-corrected chi connectivity index (χ2v) is 6.15. The number of amides is 1. The van der Waals surface area contributed by atoms with Crippen molar-refractivity contribution in [3.63, 3.8) is 0 Å². The highest BCUT2D eigenvalue weighted by molar-refractivity contribution is 5.77. The molecule has 0 atom stereocenters. The molecule has 0 aliphatic carbocycles. The van der Waals surface area contributed by atoms with Crippen molar-refractivity contribution >= 4 is 23.4 Å². The second-order valence-electron chi connectivity index (χ2n) is 6.15. The molecule has 0 radical (unpaired) electrons. The van der Waals surface area contributed by atoms with Crippen molar-refractivity contribution in [2.75, 3.05) is 30.3 Å². The van der Waals surface area contributed by atoms with Crippen LogP contribution in [0.3, 0.4) is 0 Å². The van der Waals surface area contributed by atoms with E-state index in [0.29, 0.717) is 36.3 Å². The first-order valence-electron chi connectivity index (χ1n) is 8.99. The Morgan fingerprint density at radius 3 is 2.55 bits per heavy atom. The van der Waals surface area contributed by atoms with E-state index in [4.69, 9.17) is 4.74 Å². The molecule has 1 aromatic carbocycles. The highest BCUT2D eigenvalue weighted by Gasteiger charge is 2.04. The van der Waals surface area contributed by atoms with Gasteiger partial charge >= 0.3 is 0 Å². The first-order chi connectivity index (χ1) is 14.1. The molecule has 0 bridgehead atoms. The van der Waals surface area contributed by atoms with Gasteiger partial charge in [0.1, 0.15) is 35.3 Å². The molecule has 1 amide bonds. The molecule has 2 heterocycles. The maximum Gasteiger partial charge on any atom is 0.258 e. The quantitative estimate of drug-likeness (QED) is 0.478. The molecule has 0 saturated carbocycles. The van der Waals surface area contributed by atoms with Gasteiger partial charge in [-0.2, -0.15) is 0 Å². The summed E-state index contributed by atoms with van der Waals surface area (Å²) in [6, 6.07) is 11.1. The number of carbonyl (C=O) groups is 1. The molecule has 0 fully saturated rings. The van der Waals surface area contributed by atoms with Gasteiger partial charge in [0.25, 0.3) is 5.91 Å². The predicted octanol–water partition coefficient (Wildman–Crippen LogP) is 2.67. The van der Waals surface area contributed by atoms with Gasteiger partial charge in [0.15, 0.2) is 6.61 Å². The Balaban J connectivity index is 1.39. The zero-order valence-electron chi connectivity index (χ0n) is 15.9. The Labute approximate surface area is 167 Å². The van der Waals surface area contributed by atoms with Crippen molar-refractivity contribution in [1.82, 2.24) is 20.3 Å². The summed E-state index contributed by atoms with van der Waals surface area (Å²) in [5, 5.41) is 8.95. The molecule has 150 valence electrons. The van der Waals surface area contributed by atoms with E-state index >= 15 is 0 Å². The van der Waals surface area contributed by atoms with E-state index < -0.39 is 0 Å². The van der Waals surface area contributed by atoms with E-state index in [1.165, 1.54) is 30.6 Å². The number of benzene rings is 1. The minimum atomic E-state index is -0.355. The Hall–Kier alpha value is -3.75. The largest absolute Gasteiger partial charge is 0.484 e. The Kier molecular flexibility index (Phi) is 6.88. The molecule has 2 aromatic heterocycles. The lowest BCUT2D eigenvalue weighted by atomic mass is 10.3. The van der Waals surface area contributed by atoms with Gasteiger partial charge in [-0.25, -0.2) is 19.3 Å². The van der Waals surface area contributed by atoms with Gasteiger partial charge in [-0.3, -0.25) is 4.79 Å². The number of nitrogens with zero attached hydrogens (tertiary/aromatic N) is 3.